The molecule has 0 aliphatic heterocycles. The molecule has 2 aromatic heterocycles. The summed E-state index contributed by atoms with van der Waals surface area (Å²) in [6, 6.07) is 7.98. The number of aromatic amines is 1. The summed E-state index contributed by atoms with van der Waals surface area (Å²) in [7, 11) is 0. The van der Waals surface area contributed by atoms with Crippen LogP contribution in [0.1, 0.15) is 16.1 Å². The molecule has 9 heteroatoms. The molecule has 25 heavy (non-hydrogen) atoms. The molecule has 0 unspecified atom stereocenters. The maximum absolute atomic E-state index is 12.5. The SMILES string of the molecule is O=C(Nc1c(O)c2ccccc2[nH]c1=O)c1ccc(C(F)(F)F)nc1. The number of hydrogen-bond donors (Lipinski definition) is 3. The Balaban J connectivity index is 1.93. The highest BCUT2D eigenvalue weighted by atomic mass is 19.4. The van der Waals surface area contributed by atoms with Crippen LogP contribution in [0.2, 0.25) is 0 Å². The summed E-state index contributed by atoms with van der Waals surface area (Å²) in [4.78, 5) is 29.8. The van der Waals surface area contributed by atoms with Crippen molar-refractivity contribution in [3.05, 3.63) is 64.2 Å². The van der Waals surface area contributed by atoms with Crippen molar-refractivity contribution >= 4 is 22.5 Å². The Morgan fingerprint density at radius 3 is 2.52 bits per heavy atom. The van der Waals surface area contributed by atoms with E-state index in [9.17, 15) is 27.9 Å². The van der Waals surface area contributed by atoms with E-state index in [0.717, 1.165) is 12.3 Å². The number of rotatable bonds is 2. The van der Waals surface area contributed by atoms with Gasteiger partial charge in [-0.1, -0.05) is 12.1 Å². The Morgan fingerprint density at radius 2 is 1.88 bits per heavy atom. The molecule has 0 saturated carbocycles. The van der Waals surface area contributed by atoms with E-state index in [4.69, 9.17) is 0 Å². The lowest BCUT2D eigenvalue weighted by Crippen LogP contribution is -2.20. The molecule has 0 spiro atoms. The number of anilines is 1. The van der Waals surface area contributed by atoms with Gasteiger partial charge in [-0.05, 0) is 24.3 Å². The van der Waals surface area contributed by atoms with Gasteiger partial charge in [0, 0.05) is 11.6 Å². The minimum absolute atomic E-state index is 0.194. The van der Waals surface area contributed by atoms with Gasteiger partial charge in [0.05, 0.1) is 11.1 Å². The maximum Gasteiger partial charge on any atom is 0.433 e. The van der Waals surface area contributed by atoms with Crippen molar-refractivity contribution in [2.45, 2.75) is 6.18 Å². The van der Waals surface area contributed by atoms with Crippen LogP contribution in [-0.4, -0.2) is 21.0 Å². The van der Waals surface area contributed by atoms with Gasteiger partial charge in [-0.25, -0.2) is 0 Å². The van der Waals surface area contributed by atoms with Gasteiger partial charge < -0.3 is 15.4 Å². The summed E-state index contributed by atoms with van der Waals surface area (Å²) in [5, 5.41) is 12.7. The molecule has 3 rings (SSSR count). The van der Waals surface area contributed by atoms with Crippen molar-refractivity contribution in [3.63, 3.8) is 0 Å². The number of carbonyl (C=O) groups is 1. The predicted molar refractivity (Wildman–Crippen MR) is 83.4 cm³/mol. The van der Waals surface area contributed by atoms with Gasteiger partial charge in [-0.3, -0.25) is 14.6 Å². The first-order chi connectivity index (χ1) is 11.8. The Hall–Kier alpha value is -3.36. The first-order valence-electron chi connectivity index (χ1n) is 6.96. The van der Waals surface area contributed by atoms with Crippen LogP contribution in [-0.2, 0) is 6.18 Å². The number of fused-ring (bicyclic) bond motifs is 1. The third-order valence-corrected chi connectivity index (χ3v) is 3.45. The topological polar surface area (TPSA) is 95.1 Å². The van der Waals surface area contributed by atoms with Gasteiger partial charge >= 0.3 is 6.18 Å². The summed E-state index contributed by atoms with van der Waals surface area (Å²) >= 11 is 0. The van der Waals surface area contributed by atoms with E-state index >= 15 is 0 Å². The summed E-state index contributed by atoms with van der Waals surface area (Å²) in [6.07, 6.45) is -3.88. The van der Waals surface area contributed by atoms with Crippen molar-refractivity contribution in [1.82, 2.24) is 9.97 Å². The molecule has 0 radical (unpaired) electrons. The second-order valence-electron chi connectivity index (χ2n) is 5.11. The van der Waals surface area contributed by atoms with Crippen LogP contribution in [0.4, 0.5) is 18.9 Å². The number of benzene rings is 1. The van der Waals surface area contributed by atoms with Crippen LogP contribution in [0.3, 0.4) is 0 Å². The zero-order valence-electron chi connectivity index (χ0n) is 12.4. The Bertz CT molecular complexity index is 1010. The smallest absolute Gasteiger partial charge is 0.433 e. The van der Waals surface area contributed by atoms with Crippen molar-refractivity contribution in [2.24, 2.45) is 0 Å². The van der Waals surface area contributed by atoms with Gasteiger partial charge in [0.2, 0.25) is 0 Å². The largest absolute Gasteiger partial charge is 0.505 e. The number of halogens is 3. The van der Waals surface area contributed by atoms with Gasteiger partial charge in [-0.2, -0.15) is 13.2 Å². The number of nitrogens with zero attached hydrogens (tertiary/aromatic N) is 1. The van der Waals surface area contributed by atoms with Crippen LogP contribution in [0.25, 0.3) is 10.9 Å². The Labute approximate surface area is 138 Å². The molecular weight excluding hydrogens is 339 g/mol. The molecular formula is C16H10F3N3O3. The normalized spacial score (nSPS) is 11.5. The van der Waals surface area contributed by atoms with Crippen molar-refractivity contribution in [3.8, 4) is 5.75 Å². The average molecular weight is 349 g/mol. The van der Waals surface area contributed by atoms with E-state index in [2.05, 4.69) is 15.3 Å². The van der Waals surface area contributed by atoms with E-state index in [0.29, 0.717) is 17.0 Å². The minimum Gasteiger partial charge on any atom is -0.505 e. The molecule has 2 heterocycles. The number of aromatic nitrogens is 2. The van der Waals surface area contributed by atoms with E-state index < -0.39 is 34.8 Å². The molecule has 0 aliphatic carbocycles. The number of pyridine rings is 2. The number of H-pyrrole nitrogens is 1. The summed E-state index contributed by atoms with van der Waals surface area (Å²) in [6.45, 7) is 0. The average Bonchev–Trinajstić information content (AvgIpc) is 2.58. The standard InChI is InChI=1S/C16H10F3N3O3/c17-16(18,19)11-6-5-8(7-20-11)14(24)22-12-13(23)9-3-1-2-4-10(9)21-15(12)25/h1-7H,(H,22,24)(H2,21,23,25). The third-order valence-electron chi connectivity index (χ3n) is 3.45. The van der Waals surface area contributed by atoms with E-state index in [1.807, 2.05) is 0 Å². The van der Waals surface area contributed by atoms with Crippen LogP contribution in [0.5, 0.6) is 5.75 Å². The van der Waals surface area contributed by atoms with Crippen LogP contribution in [0, 0.1) is 0 Å². The molecule has 3 aromatic rings. The molecule has 6 nitrogen and oxygen atoms in total. The second kappa shape index (κ2) is 5.93. The quantitative estimate of drug-likeness (QED) is 0.663. The summed E-state index contributed by atoms with van der Waals surface area (Å²) in [5.41, 5.74) is -2.11. The monoisotopic (exact) mass is 349 g/mol. The highest BCUT2D eigenvalue weighted by Gasteiger charge is 2.32. The number of para-hydroxylation sites is 1. The fraction of sp³-hybridized carbons (Fsp3) is 0.0625. The summed E-state index contributed by atoms with van der Waals surface area (Å²) < 4.78 is 37.4. The van der Waals surface area contributed by atoms with Crippen LogP contribution in [0.15, 0.2) is 47.4 Å². The highest BCUT2D eigenvalue weighted by molar-refractivity contribution is 6.06. The Kier molecular flexibility index (Phi) is 3.91. The minimum atomic E-state index is -4.62. The number of carbonyl (C=O) groups excluding carboxylic acids is 1. The lowest BCUT2D eigenvalue weighted by molar-refractivity contribution is -0.141. The second-order valence-corrected chi connectivity index (χ2v) is 5.11. The fourth-order valence-electron chi connectivity index (χ4n) is 2.22. The molecule has 128 valence electrons. The molecule has 0 atom stereocenters. The molecule has 1 amide bonds. The number of alkyl halides is 3. The van der Waals surface area contributed by atoms with Gasteiger partial charge in [0.1, 0.15) is 5.69 Å². The lowest BCUT2D eigenvalue weighted by atomic mass is 10.1. The fourth-order valence-corrected chi connectivity index (χ4v) is 2.22. The highest BCUT2D eigenvalue weighted by Crippen LogP contribution is 2.29. The molecule has 3 N–H and O–H groups in total. The molecule has 0 bridgehead atoms. The zero-order valence-corrected chi connectivity index (χ0v) is 12.4. The van der Waals surface area contributed by atoms with E-state index in [-0.39, 0.29) is 5.56 Å². The van der Waals surface area contributed by atoms with Crippen LogP contribution >= 0.6 is 0 Å². The Morgan fingerprint density at radius 1 is 1.16 bits per heavy atom. The predicted octanol–water partition coefficient (Wildman–Crippen LogP) is 2.90. The number of amides is 1. The molecule has 0 saturated heterocycles. The number of aromatic hydroxyl groups is 1. The maximum atomic E-state index is 12.5. The van der Waals surface area contributed by atoms with Crippen molar-refractivity contribution in [2.75, 3.05) is 5.32 Å². The van der Waals surface area contributed by atoms with Gasteiger partial charge in [0.15, 0.2) is 11.4 Å². The van der Waals surface area contributed by atoms with Crippen LogP contribution < -0.4 is 10.9 Å². The summed E-state index contributed by atoms with van der Waals surface area (Å²) in [5.74, 6) is -1.31. The molecule has 1 aromatic carbocycles. The number of hydrogen-bond acceptors (Lipinski definition) is 4. The van der Waals surface area contributed by atoms with Crippen molar-refractivity contribution in [1.29, 1.82) is 0 Å². The first kappa shape index (κ1) is 16.5. The van der Waals surface area contributed by atoms with Gasteiger partial charge in [0.25, 0.3) is 11.5 Å². The zero-order chi connectivity index (χ0) is 18.2. The van der Waals surface area contributed by atoms with E-state index in [1.165, 1.54) is 6.07 Å². The van der Waals surface area contributed by atoms with E-state index in [1.54, 1.807) is 18.2 Å². The molecule has 0 aliphatic rings. The first-order valence-corrected chi connectivity index (χ1v) is 6.96. The lowest BCUT2D eigenvalue weighted by Gasteiger charge is -2.09. The molecule has 0 fully saturated rings. The van der Waals surface area contributed by atoms with Crippen molar-refractivity contribution < 1.29 is 23.1 Å². The van der Waals surface area contributed by atoms with Gasteiger partial charge in [-0.15, -0.1) is 0 Å². The third kappa shape index (κ3) is 3.16. The number of nitrogens with one attached hydrogen (secondary N) is 2.